The summed E-state index contributed by atoms with van der Waals surface area (Å²) < 4.78 is 0. The molecule has 1 aliphatic carbocycles. The van der Waals surface area contributed by atoms with Crippen molar-refractivity contribution in [3.05, 3.63) is 172 Å². The highest BCUT2D eigenvalue weighted by molar-refractivity contribution is 6.68. The summed E-state index contributed by atoms with van der Waals surface area (Å²) in [6.45, 7) is 21.4. The largest absolute Gasteiger partial charge is 0.323 e. The summed E-state index contributed by atoms with van der Waals surface area (Å²) >= 11 is 0. The molecule has 220 valence electrons. The van der Waals surface area contributed by atoms with Crippen LogP contribution >= 0.6 is 0 Å². The lowest BCUT2D eigenvalue weighted by Crippen LogP contribution is -2.29. The Morgan fingerprint density at radius 1 is 0.977 bits per heavy atom. The quantitative estimate of drug-likeness (QED) is 0.135. The number of hydrogen-bond donors (Lipinski definition) is 0. The summed E-state index contributed by atoms with van der Waals surface area (Å²) in [6.07, 6.45) is 13.6. The maximum Gasteiger partial charge on any atom is 0.219 e. The molecule has 0 bridgehead atoms. The first-order chi connectivity index (χ1) is 21.2. The van der Waals surface area contributed by atoms with E-state index in [2.05, 4.69) is 167 Å². The van der Waals surface area contributed by atoms with Crippen molar-refractivity contribution in [1.82, 2.24) is 0 Å². The van der Waals surface area contributed by atoms with Crippen molar-refractivity contribution >= 4 is 29.8 Å². The third-order valence-electron chi connectivity index (χ3n) is 8.65. The van der Waals surface area contributed by atoms with Crippen molar-refractivity contribution in [2.24, 2.45) is 0 Å². The molecule has 2 aliphatic rings. The van der Waals surface area contributed by atoms with E-state index in [1.54, 1.807) is 0 Å². The Morgan fingerprint density at radius 2 is 1.68 bits per heavy atom. The van der Waals surface area contributed by atoms with Gasteiger partial charge in [-0.1, -0.05) is 115 Å². The molecule has 1 aliphatic heterocycles. The zero-order chi connectivity index (χ0) is 31.4. The Morgan fingerprint density at radius 3 is 2.32 bits per heavy atom. The number of benzene rings is 3. The minimum absolute atomic E-state index is 0.208. The Bertz CT molecular complexity index is 1770. The standard InChI is InChI=1S/C41H43BN2/c1-9-28(3)16-20-32(7)43(37-24-31(6)25-37)38-26-35(33(8)34-14-12-11-13-15-34)27-39-41(38)42-40(23-19-29(4)10-2)44(39)36-21-17-30(5)18-22-36/h9-23,26-27,33,42H,2,7,24H2,1,3-6,8H3/b20-16-,28-9-,29-19-,40-23+. The lowest BCUT2D eigenvalue weighted by Gasteiger charge is -2.33. The summed E-state index contributed by atoms with van der Waals surface area (Å²) in [7, 11) is 0.802. The molecule has 3 heteroatoms. The van der Waals surface area contributed by atoms with Crippen LogP contribution in [0.15, 0.2) is 156 Å². The molecule has 0 amide bonds. The van der Waals surface area contributed by atoms with E-state index in [0.717, 1.165) is 36.4 Å². The number of fused-ring (bicyclic) bond motifs is 1. The number of aryl methyl sites for hydroxylation is 1. The maximum atomic E-state index is 4.59. The van der Waals surface area contributed by atoms with Gasteiger partial charge in [0.25, 0.3) is 0 Å². The third kappa shape index (κ3) is 6.44. The van der Waals surface area contributed by atoms with Crippen molar-refractivity contribution in [3.8, 4) is 0 Å². The van der Waals surface area contributed by atoms with Gasteiger partial charge >= 0.3 is 0 Å². The Kier molecular flexibility index (Phi) is 9.28. The minimum atomic E-state index is 0.208. The molecule has 0 fully saturated rings. The molecule has 44 heavy (non-hydrogen) atoms. The van der Waals surface area contributed by atoms with Crippen LogP contribution < -0.4 is 15.3 Å². The molecular weight excluding hydrogens is 531 g/mol. The lowest BCUT2D eigenvalue weighted by molar-refractivity contribution is 0.915. The van der Waals surface area contributed by atoms with E-state index in [1.807, 2.05) is 6.08 Å². The van der Waals surface area contributed by atoms with Gasteiger partial charge in [-0.2, -0.15) is 0 Å². The van der Waals surface area contributed by atoms with E-state index in [9.17, 15) is 0 Å². The lowest BCUT2D eigenvalue weighted by atomic mass is 9.67. The number of hydrogen-bond acceptors (Lipinski definition) is 2. The van der Waals surface area contributed by atoms with E-state index in [-0.39, 0.29) is 5.92 Å². The van der Waals surface area contributed by atoms with Gasteiger partial charge in [-0.3, -0.25) is 0 Å². The molecule has 0 aromatic heterocycles. The van der Waals surface area contributed by atoms with Crippen LogP contribution in [0.25, 0.3) is 0 Å². The first-order valence-electron chi connectivity index (χ1n) is 15.5. The fourth-order valence-corrected chi connectivity index (χ4v) is 5.76. The summed E-state index contributed by atoms with van der Waals surface area (Å²) in [4.78, 5) is 4.77. The Balaban J connectivity index is 1.78. The van der Waals surface area contributed by atoms with Crippen molar-refractivity contribution in [1.29, 1.82) is 0 Å². The van der Waals surface area contributed by atoms with E-state index >= 15 is 0 Å². The number of anilines is 3. The van der Waals surface area contributed by atoms with Crippen molar-refractivity contribution in [2.45, 2.75) is 53.9 Å². The third-order valence-corrected chi connectivity index (χ3v) is 8.65. The van der Waals surface area contributed by atoms with Crippen molar-refractivity contribution < 1.29 is 0 Å². The molecule has 1 atom stereocenters. The van der Waals surface area contributed by atoms with Gasteiger partial charge in [-0.05, 0) is 92.7 Å². The van der Waals surface area contributed by atoms with Gasteiger partial charge in [0.05, 0.1) is 5.70 Å². The first kappa shape index (κ1) is 30.7. The molecular formula is C41H43BN2. The first-order valence-corrected chi connectivity index (χ1v) is 15.5. The molecule has 0 spiro atoms. The predicted molar refractivity (Wildman–Crippen MR) is 194 cm³/mol. The van der Waals surface area contributed by atoms with E-state index in [4.69, 9.17) is 0 Å². The number of rotatable bonds is 10. The highest BCUT2D eigenvalue weighted by atomic mass is 15.2. The van der Waals surface area contributed by atoms with Crippen LogP contribution in [0.4, 0.5) is 17.1 Å². The fourth-order valence-electron chi connectivity index (χ4n) is 5.76. The molecule has 1 unspecified atom stereocenters. The van der Waals surface area contributed by atoms with Crippen molar-refractivity contribution in [2.75, 3.05) is 9.80 Å². The van der Waals surface area contributed by atoms with Gasteiger partial charge in [0.15, 0.2) is 0 Å². The van der Waals surface area contributed by atoms with Crippen LogP contribution in [-0.2, 0) is 0 Å². The highest BCUT2D eigenvalue weighted by Crippen LogP contribution is 2.42. The molecule has 0 N–H and O–H groups in total. The van der Waals surface area contributed by atoms with Crippen LogP contribution in [0, 0.1) is 6.92 Å². The molecule has 0 saturated heterocycles. The van der Waals surface area contributed by atoms with Gasteiger partial charge < -0.3 is 9.80 Å². The molecule has 1 heterocycles. The van der Waals surface area contributed by atoms with E-state index < -0.39 is 0 Å². The molecule has 5 rings (SSSR count). The topological polar surface area (TPSA) is 6.48 Å². The second-order valence-electron chi connectivity index (χ2n) is 12.0. The van der Waals surface area contributed by atoms with Crippen LogP contribution in [0.5, 0.6) is 0 Å². The van der Waals surface area contributed by atoms with Crippen LogP contribution in [0.2, 0.25) is 0 Å². The Hall–Kier alpha value is -4.72. The molecule has 2 nitrogen and oxygen atoms in total. The van der Waals surface area contributed by atoms with Crippen LogP contribution in [-0.4, -0.2) is 7.28 Å². The van der Waals surface area contributed by atoms with Crippen molar-refractivity contribution in [3.63, 3.8) is 0 Å². The zero-order valence-electron chi connectivity index (χ0n) is 27.1. The van der Waals surface area contributed by atoms with Gasteiger partial charge in [-0.15, -0.1) is 0 Å². The smallest absolute Gasteiger partial charge is 0.219 e. The Labute approximate surface area is 265 Å². The summed E-state index contributed by atoms with van der Waals surface area (Å²) in [5.74, 6) is 0.208. The molecule has 0 radical (unpaired) electrons. The second kappa shape index (κ2) is 13.3. The summed E-state index contributed by atoms with van der Waals surface area (Å²) in [5, 5.41) is 0. The van der Waals surface area contributed by atoms with Crippen LogP contribution in [0.3, 0.4) is 0 Å². The van der Waals surface area contributed by atoms with Gasteiger partial charge in [-0.25, -0.2) is 0 Å². The normalized spacial score (nSPS) is 16.2. The number of allylic oxidation sites excluding steroid dienone is 8. The maximum absolute atomic E-state index is 4.59. The fraction of sp³-hybridized carbons (Fsp3) is 0.195. The average Bonchev–Trinajstić information content (AvgIpc) is 3.40. The second-order valence-corrected chi connectivity index (χ2v) is 12.0. The van der Waals surface area contributed by atoms with Gasteiger partial charge in [0, 0.05) is 35.1 Å². The molecule has 3 aromatic rings. The van der Waals surface area contributed by atoms with E-state index in [0.29, 0.717) is 0 Å². The predicted octanol–water partition coefficient (Wildman–Crippen LogP) is 10.0. The average molecular weight is 575 g/mol. The summed E-state index contributed by atoms with van der Waals surface area (Å²) in [6, 6.07) is 24.4. The van der Waals surface area contributed by atoms with Gasteiger partial charge in [0.1, 0.15) is 0 Å². The molecule has 0 saturated carbocycles. The van der Waals surface area contributed by atoms with Crippen LogP contribution in [0.1, 0.15) is 63.6 Å². The minimum Gasteiger partial charge on any atom is -0.323 e. The molecule has 3 aromatic carbocycles. The SMILES string of the molecule is C=C/C(C)=C\C=C1/Bc2c(N(C(=C)/C=C\C(C)=C/C)C3=C=C(C)C3)cc(C(C)c3ccccc3)cc2N1c1ccc(C)cc1. The highest BCUT2D eigenvalue weighted by Gasteiger charge is 2.33. The van der Waals surface area contributed by atoms with Gasteiger partial charge in [0.2, 0.25) is 7.28 Å². The monoisotopic (exact) mass is 574 g/mol. The number of nitrogens with zero attached hydrogens (tertiary/aromatic N) is 2. The summed E-state index contributed by atoms with van der Waals surface area (Å²) in [5.41, 5.74) is 19.2. The van der Waals surface area contributed by atoms with E-state index in [1.165, 1.54) is 50.3 Å². The zero-order valence-corrected chi connectivity index (χ0v) is 27.1.